The highest BCUT2D eigenvalue weighted by atomic mass is 79.9. The molecule has 0 saturated carbocycles. The summed E-state index contributed by atoms with van der Waals surface area (Å²) >= 11 is 3.43. The lowest BCUT2D eigenvalue weighted by molar-refractivity contribution is 0.0298. The second-order valence-corrected chi connectivity index (χ2v) is 5.98. The van der Waals surface area contributed by atoms with Gasteiger partial charge in [-0.3, -0.25) is 4.57 Å². The van der Waals surface area contributed by atoms with Crippen molar-refractivity contribution in [2.75, 3.05) is 6.67 Å². The number of halogens is 2. The lowest BCUT2D eigenvalue weighted by atomic mass is 9.99. The van der Waals surface area contributed by atoms with E-state index in [1.165, 1.54) is 13.1 Å². The zero-order valence-electron chi connectivity index (χ0n) is 11.3. The number of pyridine rings is 1. The highest BCUT2D eigenvalue weighted by Crippen LogP contribution is 2.25. The Kier molecular flexibility index (Phi) is 3.51. The first kappa shape index (κ1) is 14.2. The van der Waals surface area contributed by atoms with Gasteiger partial charge in [-0.05, 0) is 31.2 Å². The Morgan fingerprint density at radius 2 is 2.14 bits per heavy atom. The molecule has 3 aromatic rings. The van der Waals surface area contributed by atoms with E-state index in [-0.39, 0.29) is 0 Å². The summed E-state index contributed by atoms with van der Waals surface area (Å²) in [6.07, 6.45) is 3.14. The van der Waals surface area contributed by atoms with Crippen LogP contribution >= 0.6 is 15.9 Å². The summed E-state index contributed by atoms with van der Waals surface area (Å²) in [7, 11) is 0. The Morgan fingerprint density at radius 1 is 1.33 bits per heavy atom. The Balaban J connectivity index is 2.12. The number of alkyl halides is 1. The number of fused-ring (bicyclic) bond motifs is 1. The molecule has 3 rings (SSSR count). The Morgan fingerprint density at radius 3 is 2.86 bits per heavy atom. The van der Waals surface area contributed by atoms with Crippen LogP contribution in [0.15, 0.2) is 47.3 Å². The molecule has 21 heavy (non-hydrogen) atoms. The summed E-state index contributed by atoms with van der Waals surface area (Å²) in [5.74, 6) is 0. The first-order valence-electron chi connectivity index (χ1n) is 6.39. The van der Waals surface area contributed by atoms with E-state index in [0.29, 0.717) is 16.7 Å². The summed E-state index contributed by atoms with van der Waals surface area (Å²) in [5.41, 5.74) is 1.06. The van der Waals surface area contributed by atoms with Crippen molar-refractivity contribution >= 4 is 27.1 Å². The van der Waals surface area contributed by atoms with Crippen LogP contribution in [0.5, 0.6) is 0 Å². The Bertz CT molecular complexity index is 800. The average molecular weight is 350 g/mol. The number of benzene rings is 1. The average Bonchev–Trinajstić information content (AvgIpc) is 2.90. The van der Waals surface area contributed by atoms with Crippen LogP contribution in [0.2, 0.25) is 0 Å². The summed E-state index contributed by atoms with van der Waals surface area (Å²) in [6.45, 7) is 0.549. The normalized spacial score (nSPS) is 14.3. The maximum Gasteiger partial charge on any atom is 0.164 e. The fraction of sp³-hybridized carbons (Fsp3) is 0.200. The molecule has 0 aliphatic rings. The van der Waals surface area contributed by atoms with Crippen molar-refractivity contribution in [1.29, 1.82) is 0 Å². The van der Waals surface area contributed by atoms with Gasteiger partial charge >= 0.3 is 0 Å². The van der Waals surface area contributed by atoms with E-state index in [4.69, 9.17) is 0 Å². The van der Waals surface area contributed by atoms with Crippen molar-refractivity contribution in [3.63, 3.8) is 0 Å². The molecule has 0 amide bonds. The number of nitrogens with zero attached hydrogens (tertiary/aromatic N) is 3. The fourth-order valence-corrected chi connectivity index (χ4v) is 2.47. The van der Waals surface area contributed by atoms with Crippen LogP contribution in [0, 0.1) is 0 Å². The number of hydrogen-bond donors (Lipinski definition) is 1. The number of imidazole rings is 1. The minimum atomic E-state index is -1.54. The smallest absolute Gasteiger partial charge is 0.164 e. The zero-order chi connectivity index (χ0) is 15.0. The molecule has 2 heterocycles. The quantitative estimate of drug-likeness (QED) is 0.788. The number of rotatable bonds is 3. The zero-order valence-corrected chi connectivity index (χ0v) is 12.9. The Hall–Kier alpha value is -1.79. The van der Waals surface area contributed by atoms with Crippen LogP contribution < -0.4 is 0 Å². The molecule has 0 bridgehead atoms. The predicted octanol–water partition coefficient (Wildman–Crippen LogP) is 3.36. The first-order chi connectivity index (χ1) is 10.0. The van der Waals surface area contributed by atoms with E-state index in [0.717, 1.165) is 10.2 Å². The van der Waals surface area contributed by atoms with Crippen LogP contribution in [-0.4, -0.2) is 26.3 Å². The van der Waals surface area contributed by atoms with Gasteiger partial charge in [0.05, 0.1) is 0 Å². The summed E-state index contributed by atoms with van der Waals surface area (Å²) in [4.78, 5) is 8.60. The molecule has 2 aromatic heterocycles. The van der Waals surface area contributed by atoms with E-state index in [1.807, 2.05) is 28.8 Å². The molecule has 1 N–H and O–H groups in total. The van der Waals surface area contributed by atoms with Gasteiger partial charge in [0.15, 0.2) is 5.65 Å². The van der Waals surface area contributed by atoms with E-state index < -0.39 is 12.3 Å². The van der Waals surface area contributed by atoms with E-state index in [1.54, 1.807) is 12.4 Å². The first-order valence-corrected chi connectivity index (χ1v) is 7.18. The van der Waals surface area contributed by atoms with Crippen molar-refractivity contribution < 1.29 is 9.50 Å². The molecule has 4 nitrogen and oxygen atoms in total. The molecule has 0 aliphatic heterocycles. The SMILES string of the molecule is CC(O)(CF)c1cnc2c(c1)ncn2-c1cccc(Br)c1. The molecular weight excluding hydrogens is 337 g/mol. The molecule has 0 aliphatic carbocycles. The van der Waals surface area contributed by atoms with Gasteiger partial charge < -0.3 is 5.11 Å². The second kappa shape index (κ2) is 5.20. The molecule has 108 valence electrons. The third-order valence-corrected chi connectivity index (χ3v) is 3.85. The van der Waals surface area contributed by atoms with Crippen LogP contribution in [0.4, 0.5) is 4.39 Å². The Labute approximate surface area is 129 Å². The standard InChI is InChI=1S/C15H13BrFN3O/c1-15(21,8-17)10-5-13-14(18-7-10)20(9-19-13)12-4-2-3-11(16)6-12/h2-7,9,21H,8H2,1H3. The monoisotopic (exact) mass is 349 g/mol. The number of aromatic nitrogens is 3. The molecule has 0 spiro atoms. The minimum absolute atomic E-state index is 0.414. The number of hydrogen-bond acceptors (Lipinski definition) is 3. The summed E-state index contributed by atoms with van der Waals surface area (Å²) in [5, 5.41) is 9.96. The van der Waals surface area contributed by atoms with Gasteiger partial charge in [0.2, 0.25) is 0 Å². The largest absolute Gasteiger partial charge is 0.383 e. The van der Waals surface area contributed by atoms with Crippen molar-refractivity contribution in [3.05, 3.63) is 52.9 Å². The van der Waals surface area contributed by atoms with Gasteiger partial charge in [0.1, 0.15) is 24.1 Å². The van der Waals surface area contributed by atoms with Crippen LogP contribution in [0.3, 0.4) is 0 Å². The lowest BCUT2D eigenvalue weighted by Gasteiger charge is -2.18. The molecule has 0 radical (unpaired) electrons. The minimum Gasteiger partial charge on any atom is -0.383 e. The van der Waals surface area contributed by atoms with Gasteiger partial charge in [-0.1, -0.05) is 22.0 Å². The highest BCUT2D eigenvalue weighted by Gasteiger charge is 2.24. The topological polar surface area (TPSA) is 50.9 Å². The second-order valence-electron chi connectivity index (χ2n) is 5.07. The van der Waals surface area contributed by atoms with Gasteiger partial charge in [-0.2, -0.15) is 0 Å². The lowest BCUT2D eigenvalue weighted by Crippen LogP contribution is -2.23. The van der Waals surface area contributed by atoms with Gasteiger partial charge in [-0.15, -0.1) is 0 Å². The van der Waals surface area contributed by atoms with Crippen LogP contribution in [0.25, 0.3) is 16.9 Å². The maximum absolute atomic E-state index is 12.9. The van der Waals surface area contributed by atoms with Gasteiger partial charge in [0.25, 0.3) is 0 Å². The van der Waals surface area contributed by atoms with E-state index >= 15 is 0 Å². The third kappa shape index (κ3) is 2.56. The van der Waals surface area contributed by atoms with E-state index in [9.17, 15) is 9.50 Å². The predicted molar refractivity (Wildman–Crippen MR) is 82.1 cm³/mol. The molecule has 1 aromatic carbocycles. The van der Waals surface area contributed by atoms with Crippen LogP contribution in [0.1, 0.15) is 12.5 Å². The van der Waals surface area contributed by atoms with Gasteiger partial charge in [-0.25, -0.2) is 14.4 Å². The van der Waals surface area contributed by atoms with Crippen molar-refractivity contribution in [2.45, 2.75) is 12.5 Å². The fourth-order valence-electron chi connectivity index (χ4n) is 2.09. The maximum atomic E-state index is 12.9. The van der Waals surface area contributed by atoms with Crippen molar-refractivity contribution in [1.82, 2.24) is 14.5 Å². The highest BCUT2D eigenvalue weighted by molar-refractivity contribution is 9.10. The summed E-state index contributed by atoms with van der Waals surface area (Å²) in [6, 6.07) is 9.42. The number of aliphatic hydroxyl groups is 1. The molecule has 1 unspecified atom stereocenters. The molecule has 6 heteroatoms. The van der Waals surface area contributed by atoms with Crippen LogP contribution in [-0.2, 0) is 5.60 Å². The summed E-state index contributed by atoms with van der Waals surface area (Å²) < 4.78 is 15.7. The molecule has 0 saturated heterocycles. The molecule has 1 atom stereocenters. The van der Waals surface area contributed by atoms with Gasteiger partial charge in [0, 0.05) is 21.9 Å². The molecule has 0 fully saturated rings. The third-order valence-electron chi connectivity index (χ3n) is 3.36. The van der Waals surface area contributed by atoms with Crippen molar-refractivity contribution in [3.8, 4) is 5.69 Å². The van der Waals surface area contributed by atoms with Crippen molar-refractivity contribution in [2.24, 2.45) is 0 Å². The molecular formula is C15H13BrFN3O. The van der Waals surface area contributed by atoms with E-state index in [2.05, 4.69) is 25.9 Å².